The Bertz CT molecular complexity index is 345. The molecule has 0 aliphatic heterocycles. The molecule has 0 atom stereocenters. The first-order valence-corrected chi connectivity index (χ1v) is 12.5. The summed E-state index contributed by atoms with van der Waals surface area (Å²) in [5.74, 6) is -4.37. The van der Waals surface area contributed by atoms with Gasteiger partial charge in [0.2, 0.25) is 11.8 Å². The van der Waals surface area contributed by atoms with E-state index in [1.807, 2.05) is 0 Å². The van der Waals surface area contributed by atoms with Gasteiger partial charge in [-0.25, -0.2) is 4.90 Å². The monoisotopic (exact) mass is 417 g/mol. The van der Waals surface area contributed by atoms with Gasteiger partial charge in [0.1, 0.15) is 0 Å². The Hall–Kier alpha value is -0.200. The summed E-state index contributed by atoms with van der Waals surface area (Å²) in [6.07, 6.45) is 20.5. The Morgan fingerprint density at radius 2 is 0.724 bits per heavy atom. The van der Waals surface area contributed by atoms with E-state index in [1.165, 1.54) is 83.5 Å². The third-order valence-electron chi connectivity index (χ3n) is 6.05. The predicted octanol–water partition coefficient (Wildman–Crippen LogP) is 5.65. The molecule has 0 saturated heterocycles. The number of hydrogen-bond acceptors (Lipinski definition) is 5. The van der Waals surface area contributed by atoms with E-state index in [-0.39, 0.29) is 19.4 Å². The highest BCUT2D eigenvalue weighted by Crippen LogP contribution is 2.24. The number of nitrogens with zero attached hydrogens (tertiary/aromatic N) is 1. The summed E-state index contributed by atoms with van der Waals surface area (Å²) in [5, 5.41) is 40.1. The molecule has 0 aromatic carbocycles. The van der Waals surface area contributed by atoms with Crippen molar-refractivity contribution in [3.63, 3.8) is 0 Å². The van der Waals surface area contributed by atoms with Crippen LogP contribution in [-0.4, -0.2) is 43.7 Å². The molecule has 176 valence electrons. The number of aliphatic hydroxyl groups is 4. The minimum atomic E-state index is -2.19. The smallest absolute Gasteiger partial charge is 0.228 e. The summed E-state index contributed by atoms with van der Waals surface area (Å²) in [4.78, 5) is 1.00. The van der Waals surface area contributed by atoms with E-state index in [0.29, 0.717) is 0 Å². The fraction of sp³-hybridized carbons (Fsp3) is 1.00. The van der Waals surface area contributed by atoms with Gasteiger partial charge < -0.3 is 20.4 Å². The molecule has 29 heavy (non-hydrogen) atoms. The molecule has 5 heteroatoms. The van der Waals surface area contributed by atoms with Gasteiger partial charge in [0.15, 0.2) is 0 Å². The molecule has 0 heterocycles. The molecule has 0 unspecified atom stereocenters. The molecule has 0 aromatic rings. The van der Waals surface area contributed by atoms with Gasteiger partial charge in [0.25, 0.3) is 0 Å². The maximum absolute atomic E-state index is 10.0. The lowest BCUT2D eigenvalue weighted by Gasteiger charge is -2.42. The van der Waals surface area contributed by atoms with Gasteiger partial charge in [-0.3, -0.25) is 0 Å². The molecule has 0 fully saturated rings. The van der Waals surface area contributed by atoms with Crippen LogP contribution in [0.15, 0.2) is 0 Å². The zero-order chi connectivity index (χ0) is 22.0. The Balaban J connectivity index is 3.60. The van der Waals surface area contributed by atoms with Crippen molar-refractivity contribution in [3.05, 3.63) is 0 Å². The number of unbranched alkanes of at least 4 members (excludes halogenated alkanes) is 15. The Morgan fingerprint density at radius 1 is 0.448 bits per heavy atom. The molecular formula is C24H51NO4. The van der Waals surface area contributed by atoms with Crippen LogP contribution in [0.1, 0.15) is 136 Å². The lowest BCUT2D eigenvalue weighted by molar-refractivity contribution is -0.385. The van der Waals surface area contributed by atoms with Crippen molar-refractivity contribution < 1.29 is 20.4 Å². The summed E-state index contributed by atoms with van der Waals surface area (Å²) >= 11 is 0. The van der Waals surface area contributed by atoms with E-state index in [4.69, 9.17) is 0 Å². The molecule has 0 aliphatic rings. The van der Waals surface area contributed by atoms with Crippen LogP contribution >= 0.6 is 0 Å². The topological polar surface area (TPSA) is 84.2 Å². The van der Waals surface area contributed by atoms with E-state index in [0.717, 1.165) is 24.2 Å². The molecular weight excluding hydrogens is 366 g/mol. The summed E-state index contributed by atoms with van der Waals surface area (Å²) in [7, 11) is 0. The van der Waals surface area contributed by atoms with Gasteiger partial charge in [-0.05, 0) is 6.42 Å². The number of hydrogen-bond donors (Lipinski definition) is 4. The van der Waals surface area contributed by atoms with Gasteiger partial charge in [-0.1, -0.05) is 117 Å². The van der Waals surface area contributed by atoms with Crippen LogP contribution in [0.25, 0.3) is 0 Å². The SMILES string of the molecule is CCCCCCCCCCCCCCCCCCN(C(O)(O)CC)C(O)(O)CC. The van der Waals surface area contributed by atoms with Crippen LogP contribution in [0.5, 0.6) is 0 Å². The standard InChI is InChI=1S/C24H51NO4/c1-4-7-8-9-10-11-12-13-14-15-16-17-18-19-20-21-22-25(23(26,27)5-2)24(28,29)6-3/h26-29H,4-22H2,1-3H3. The minimum absolute atomic E-state index is 0.0225. The lowest BCUT2D eigenvalue weighted by atomic mass is 10.0. The van der Waals surface area contributed by atoms with E-state index in [1.54, 1.807) is 13.8 Å². The van der Waals surface area contributed by atoms with Gasteiger partial charge >= 0.3 is 0 Å². The third kappa shape index (κ3) is 14.4. The Labute approximate surface area is 180 Å². The van der Waals surface area contributed by atoms with Crippen molar-refractivity contribution in [2.75, 3.05) is 6.54 Å². The first kappa shape index (κ1) is 28.8. The normalized spacial score (nSPS) is 12.8. The summed E-state index contributed by atoms with van der Waals surface area (Å²) < 4.78 is 0. The van der Waals surface area contributed by atoms with Crippen molar-refractivity contribution in [1.29, 1.82) is 0 Å². The van der Waals surface area contributed by atoms with Crippen LogP contribution in [-0.2, 0) is 0 Å². The van der Waals surface area contributed by atoms with Crippen LogP contribution < -0.4 is 0 Å². The molecule has 0 aromatic heterocycles. The third-order valence-corrected chi connectivity index (χ3v) is 6.05. The fourth-order valence-electron chi connectivity index (χ4n) is 3.84. The summed E-state index contributed by atoms with van der Waals surface area (Å²) in [6.45, 7) is 5.76. The van der Waals surface area contributed by atoms with Crippen LogP contribution in [0.4, 0.5) is 0 Å². The van der Waals surface area contributed by atoms with Crippen molar-refractivity contribution in [2.45, 2.75) is 148 Å². The molecule has 0 bridgehead atoms. The molecule has 0 spiro atoms. The van der Waals surface area contributed by atoms with Crippen molar-refractivity contribution in [1.82, 2.24) is 4.90 Å². The zero-order valence-corrected chi connectivity index (χ0v) is 19.7. The second-order valence-electron chi connectivity index (χ2n) is 8.71. The van der Waals surface area contributed by atoms with E-state index in [9.17, 15) is 20.4 Å². The summed E-state index contributed by atoms with van der Waals surface area (Å²) in [5.41, 5.74) is 0. The maximum Gasteiger partial charge on any atom is 0.228 e. The van der Waals surface area contributed by atoms with Crippen molar-refractivity contribution in [2.24, 2.45) is 0 Å². The van der Waals surface area contributed by atoms with Gasteiger partial charge in [-0.2, -0.15) is 0 Å². The minimum Gasteiger partial charge on any atom is -0.353 e. The average Bonchev–Trinajstić information content (AvgIpc) is 2.70. The van der Waals surface area contributed by atoms with Crippen molar-refractivity contribution in [3.8, 4) is 0 Å². The number of rotatable bonds is 21. The maximum atomic E-state index is 10.0. The quantitative estimate of drug-likeness (QED) is 0.143. The highest BCUT2D eigenvalue weighted by molar-refractivity contribution is 4.74. The van der Waals surface area contributed by atoms with Gasteiger partial charge in [0, 0.05) is 19.4 Å². The average molecular weight is 418 g/mol. The van der Waals surface area contributed by atoms with Gasteiger partial charge in [0.05, 0.1) is 0 Å². The van der Waals surface area contributed by atoms with Crippen LogP contribution in [0, 0.1) is 0 Å². The molecule has 0 rings (SSSR count). The van der Waals surface area contributed by atoms with Crippen LogP contribution in [0.3, 0.4) is 0 Å². The van der Waals surface area contributed by atoms with Crippen molar-refractivity contribution >= 4 is 0 Å². The highest BCUT2D eigenvalue weighted by atomic mass is 16.6. The largest absolute Gasteiger partial charge is 0.353 e. The molecule has 4 N–H and O–H groups in total. The van der Waals surface area contributed by atoms with Gasteiger partial charge in [-0.15, -0.1) is 0 Å². The highest BCUT2D eigenvalue weighted by Gasteiger charge is 2.42. The Kier molecular flexibility index (Phi) is 17.4. The van der Waals surface area contributed by atoms with Crippen LogP contribution in [0.2, 0.25) is 0 Å². The Morgan fingerprint density at radius 3 is 1.00 bits per heavy atom. The zero-order valence-electron chi connectivity index (χ0n) is 19.7. The fourth-order valence-corrected chi connectivity index (χ4v) is 3.84. The second-order valence-corrected chi connectivity index (χ2v) is 8.71. The lowest BCUT2D eigenvalue weighted by Crippen LogP contribution is -2.61. The van der Waals surface area contributed by atoms with E-state index < -0.39 is 11.8 Å². The molecule has 0 amide bonds. The first-order valence-electron chi connectivity index (χ1n) is 12.5. The van der Waals surface area contributed by atoms with E-state index in [2.05, 4.69) is 6.92 Å². The first-order chi connectivity index (χ1) is 13.8. The summed E-state index contributed by atoms with van der Waals surface area (Å²) in [6, 6.07) is 0. The second kappa shape index (κ2) is 17.5. The predicted molar refractivity (Wildman–Crippen MR) is 121 cm³/mol. The molecule has 0 aliphatic carbocycles. The molecule has 5 nitrogen and oxygen atoms in total. The molecule has 0 radical (unpaired) electrons. The van der Waals surface area contributed by atoms with E-state index >= 15 is 0 Å². The molecule has 0 saturated carbocycles.